The molecular formula is C10H13ClN2O2S. The summed E-state index contributed by atoms with van der Waals surface area (Å²) in [7, 11) is -3.30. The first-order valence-electron chi connectivity index (χ1n) is 5.02. The molecule has 4 nitrogen and oxygen atoms in total. The maximum Gasteiger partial charge on any atom is 0.233 e. The summed E-state index contributed by atoms with van der Waals surface area (Å²) in [5.74, 6) is 0.469. The molecule has 1 aromatic rings. The molecule has 0 atom stereocenters. The van der Waals surface area contributed by atoms with E-state index < -0.39 is 10.0 Å². The second kappa shape index (κ2) is 4.14. The first-order chi connectivity index (χ1) is 7.46. The highest BCUT2D eigenvalue weighted by Gasteiger charge is 2.28. The minimum Gasteiger partial charge on any atom is -0.397 e. The smallest absolute Gasteiger partial charge is 0.233 e. The van der Waals surface area contributed by atoms with Gasteiger partial charge in [-0.05, 0) is 37.0 Å². The van der Waals surface area contributed by atoms with E-state index in [9.17, 15) is 8.42 Å². The fourth-order valence-electron chi connectivity index (χ4n) is 1.42. The van der Waals surface area contributed by atoms with Gasteiger partial charge in [0, 0.05) is 5.02 Å². The van der Waals surface area contributed by atoms with Crippen LogP contribution in [0.25, 0.3) is 0 Å². The van der Waals surface area contributed by atoms with Crippen molar-refractivity contribution in [3.63, 3.8) is 0 Å². The largest absolute Gasteiger partial charge is 0.397 e. The van der Waals surface area contributed by atoms with Gasteiger partial charge >= 0.3 is 0 Å². The monoisotopic (exact) mass is 260 g/mol. The molecular weight excluding hydrogens is 248 g/mol. The third kappa shape index (κ3) is 3.02. The van der Waals surface area contributed by atoms with Crippen LogP contribution in [-0.2, 0) is 10.0 Å². The molecule has 3 N–H and O–H groups in total. The van der Waals surface area contributed by atoms with Crippen LogP contribution in [0, 0.1) is 5.92 Å². The fraction of sp³-hybridized carbons (Fsp3) is 0.400. The van der Waals surface area contributed by atoms with Crippen LogP contribution >= 0.6 is 11.6 Å². The van der Waals surface area contributed by atoms with Crippen molar-refractivity contribution in [2.24, 2.45) is 5.92 Å². The van der Waals surface area contributed by atoms with Gasteiger partial charge in [-0.15, -0.1) is 0 Å². The zero-order chi connectivity index (χ0) is 11.8. The van der Waals surface area contributed by atoms with Crippen molar-refractivity contribution in [3.8, 4) is 0 Å². The van der Waals surface area contributed by atoms with E-state index in [-0.39, 0.29) is 5.75 Å². The zero-order valence-corrected chi connectivity index (χ0v) is 10.2. The number of halogens is 1. The predicted molar refractivity (Wildman–Crippen MR) is 66.0 cm³/mol. The summed E-state index contributed by atoms with van der Waals surface area (Å²) < 4.78 is 25.9. The Balaban J connectivity index is 2.15. The molecule has 0 spiro atoms. The summed E-state index contributed by atoms with van der Waals surface area (Å²) in [6.07, 6.45) is 1.98. The number of hydrogen-bond acceptors (Lipinski definition) is 3. The average molecular weight is 261 g/mol. The molecule has 2 rings (SSSR count). The van der Waals surface area contributed by atoms with Gasteiger partial charge in [0.25, 0.3) is 0 Å². The predicted octanol–water partition coefficient (Wildman–Crippen LogP) is 2.07. The van der Waals surface area contributed by atoms with Crippen LogP contribution in [0.2, 0.25) is 5.02 Å². The van der Waals surface area contributed by atoms with E-state index in [4.69, 9.17) is 17.3 Å². The molecule has 0 radical (unpaired) electrons. The molecule has 0 aliphatic heterocycles. The Bertz CT molecular complexity index is 498. The lowest BCUT2D eigenvalue weighted by Gasteiger charge is -2.10. The van der Waals surface area contributed by atoms with Crippen LogP contribution in [0.1, 0.15) is 12.8 Å². The highest BCUT2D eigenvalue weighted by atomic mass is 35.5. The van der Waals surface area contributed by atoms with Crippen molar-refractivity contribution in [2.75, 3.05) is 16.2 Å². The molecule has 1 aliphatic rings. The third-order valence-electron chi connectivity index (χ3n) is 2.43. The van der Waals surface area contributed by atoms with Crippen LogP contribution in [0.4, 0.5) is 11.4 Å². The Kier molecular flexibility index (Phi) is 2.99. The maximum atomic E-state index is 11.7. The van der Waals surface area contributed by atoms with E-state index >= 15 is 0 Å². The zero-order valence-electron chi connectivity index (χ0n) is 8.61. The molecule has 0 saturated heterocycles. The van der Waals surface area contributed by atoms with E-state index in [0.29, 0.717) is 22.3 Å². The van der Waals surface area contributed by atoms with Crippen molar-refractivity contribution in [2.45, 2.75) is 12.8 Å². The van der Waals surface area contributed by atoms with Crippen molar-refractivity contribution < 1.29 is 8.42 Å². The summed E-state index contributed by atoms with van der Waals surface area (Å²) in [5, 5.41) is 0.457. The number of nitrogens with two attached hydrogens (primary N) is 1. The second-order valence-electron chi connectivity index (χ2n) is 4.06. The van der Waals surface area contributed by atoms with Crippen LogP contribution in [0.15, 0.2) is 18.2 Å². The molecule has 0 heterocycles. The van der Waals surface area contributed by atoms with Crippen molar-refractivity contribution in [3.05, 3.63) is 23.2 Å². The molecule has 0 amide bonds. The van der Waals surface area contributed by atoms with Gasteiger partial charge in [0.15, 0.2) is 0 Å². The SMILES string of the molecule is Nc1ccc(Cl)cc1NS(=O)(=O)CC1CC1. The van der Waals surface area contributed by atoms with Crippen molar-refractivity contribution in [1.82, 2.24) is 0 Å². The number of sulfonamides is 1. The molecule has 6 heteroatoms. The summed E-state index contributed by atoms with van der Waals surface area (Å²) in [5.41, 5.74) is 6.39. The van der Waals surface area contributed by atoms with Gasteiger partial charge in [-0.25, -0.2) is 8.42 Å². The highest BCUT2D eigenvalue weighted by Crippen LogP contribution is 2.31. The first kappa shape index (κ1) is 11.5. The van der Waals surface area contributed by atoms with E-state index in [1.54, 1.807) is 12.1 Å². The average Bonchev–Trinajstić information content (AvgIpc) is 2.94. The lowest BCUT2D eigenvalue weighted by molar-refractivity contribution is 0.597. The van der Waals surface area contributed by atoms with Crippen LogP contribution in [0.5, 0.6) is 0 Å². The molecule has 88 valence electrons. The second-order valence-corrected chi connectivity index (χ2v) is 6.26. The lowest BCUT2D eigenvalue weighted by Crippen LogP contribution is -2.18. The molecule has 1 saturated carbocycles. The first-order valence-corrected chi connectivity index (χ1v) is 7.05. The van der Waals surface area contributed by atoms with Crippen LogP contribution < -0.4 is 10.5 Å². The number of benzene rings is 1. The number of anilines is 2. The lowest BCUT2D eigenvalue weighted by atomic mass is 10.3. The Morgan fingerprint density at radius 2 is 2.12 bits per heavy atom. The van der Waals surface area contributed by atoms with Crippen molar-refractivity contribution >= 4 is 33.0 Å². The van der Waals surface area contributed by atoms with Gasteiger partial charge in [0.05, 0.1) is 17.1 Å². The third-order valence-corrected chi connectivity index (χ3v) is 4.11. The number of hydrogen-bond donors (Lipinski definition) is 2. The fourth-order valence-corrected chi connectivity index (χ4v) is 3.14. The molecule has 16 heavy (non-hydrogen) atoms. The molecule has 0 unspecified atom stereocenters. The van der Waals surface area contributed by atoms with Crippen LogP contribution in [0.3, 0.4) is 0 Å². The molecule has 0 bridgehead atoms. The normalized spacial score (nSPS) is 16.1. The summed E-state index contributed by atoms with van der Waals surface area (Å²) in [6, 6.07) is 4.72. The minimum atomic E-state index is -3.30. The van der Waals surface area contributed by atoms with Gasteiger partial charge < -0.3 is 5.73 Å². The molecule has 1 fully saturated rings. The van der Waals surface area contributed by atoms with Crippen LogP contribution in [-0.4, -0.2) is 14.2 Å². The summed E-state index contributed by atoms with van der Waals surface area (Å²) in [4.78, 5) is 0. The number of nitrogens with one attached hydrogen (secondary N) is 1. The molecule has 0 aromatic heterocycles. The summed E-state index contributed by atoms with van der Waals surface area (Å²) in [6.45, 7) is 0. The minimum absolute atomic E-state index is 0.166. The molecule has 1 aromatic carbocycles. The molecule has 1 aliphatic carbocycles. The van der Waals surface area contributed by atoms with Crippen molar-refractivity contribution in [1.29, 1.82) is 0 Å². The Morgan fingerprint density at radius 3 is 2.75 bits per heavy atom. The van der Waals surface area contributed by atoms with E-state index in [0.717, 1.165) is 12.8 Å². The van der Waals surface area contributed by atoms with Gasteiger partial charge in [-0.3, -0.25) is 4.72 Å². The highest BCUT2D eigenvalue weighted by molar-refractivity contribution is 7.92. The topological polar surface area (TPSA) is 72.2 Å². The quantitative estimate of drug-likeness (QED) is 0.814. The summed E-state index contributed by atoms with van der Waals surface area (Å²) >= 11 is 5.77. The number of rotatable bonds is 4. The van der Waals surface area contributed by atoms with Gasteiger partial charge in [0.2, 0.25) is 10.0 Å². The Morgan fingerprint density at radius 1 is 1.44 bits per heavy atom. The standard InChI is InChI=1S/C10H13ClN2O2S/c11-8-3-4-9(12)10(5-8)13-16(14,15)6-7-1-2-7/h3-5,7,13H,1-2,6,12H2. The van der Waals surface area contributed by atoms with E-state index in [2.05, 4.69) is 4.72 Å². The van der Waals surface area contributed by atoms with Gasteiger partial charge in [-0.2, -0.15) is 0 Å². The van der Waals surface area contributed by atoms with E-state index in [1.165, 1.54) is 6.07 Å². The Labute approximate surface area is 99.8 Å². The van der Waals surface area contributed by atoms with Gasteiger partial charge in [-0.1, -0.05) is 11.6 Å². The number of nitrogen functional groups attached to an aromatic ring is 1. The Hall–Kier alpha value is -0.940. The van der Waals surface area contributed by atoms with E-state index in [1.807, 2.05) is 0 Å². The van der Waals surface area contributed by atoms with Gasteiger partial charge in [0.1, 0.15) is 0 Å². The maximum absolute atomic E-state index is 11.7.